The highest BCUT2D eigenvalue weighted by Crippen LogP contribution is 2.19. The van der Waals surface area contributed by atoms with E-state index >= 15 is 0 Å². The molecule has 0 radical (unpaired) electrons. The summed E-state index contributed by atoms with van der Waals surface area (Å²) in [5, 5.41) is 10.8. The van der Waals surface area contributed by atoms with Crippen molar-refractivity contribution in [3.63, 3.8) is 0 Å². The van der Waals surface area contributed by atoms with Gasteiger partial charge in [0.1, 0.15) is 6.61 Å². The summed E-state index contributed by atoms with van der Waals surface area (Å²) >= 11 is 5.81. The standard InChI is InChI=1S/C11H12ClF2NO2/c1-7-8(3-2-4-9(7)12)10(17)15-5-11(13,14)6-16/h2-4,16H,5-6H2,1H3,(H,15,17). The average Bonchev–Trinajstić information content (AvgIpc) is 2.30. The molecule has 0 aliphatic rings. The zero-order chi connectivity index (χ0) is 13.1. The van der Waals surface area contributed by atoms with E-state index < -0.39 is 25.0 Å². The molecule has 17 heavy (non-hydrogen) atoms. The van der Waals surface area contributed by atoms with E-state index in [-0.39, 0.29) is 5.56 Å². The number of halogens is 3. The molecule has 1 aromatic carbocycles. The monoisotopic (exact) mass is 263 g/mol. The lowest BCUT2D eigenvalue weighted by Crippen LogP contribution is -2.39. The van der Waals surface area contributed by atoms with Crippen LogP contribution in [0.1, 0.15) is 15.9 Å². The van der Waals surface area contributed by atoms with E-state index in [1.54, 1.807) is 19.1 Å². The Kier molecular flexibility index (Phi) is 4.42. The zero-order valence-corrected chi connectivity index (χ0v) is 9.89. The van der Waals surface area contributed by atoms with Crippen LogP contribution in [0.15, 0.2) is 18.2 Å². The fourth-order valence-corrected chi connectivity index (χ4v) is 1.39. The van der Waals surface area contributed by atoms with Gasteiger partial charge in [-0.2, -0.15) is 0 Å². The Morgan fingerprint density at radius 2 is 2.18 bits per heavy atom. The minimum absolute atomic E-state index is 0.242. The van der Waals surface area contributed by atoms with Crippen LogP contribution in [0.3, 0.4) is 0 Å². The fraction of sp³-hybridized carbons (Fsp3) is 0.364. The van der Waals surface area contributed by atoms with E-state index in [0.717, 1.165) is 0 Å². The van der Waals surface area contributed by atoms with Crippen molar-refractivity contribution in [2.24, 2.45) is 0 Å². The summed E-state index contributed by atoms with van der Waals surface area (Å²) in [6.07, 6.45) is 0. The molecule has 2 N–H and O–H groups in total. The number of aliphatic hydroxyl groups is 1. The van der Waals surface area contributed by atoms with Crippen LogP contribution < -0.4 is 5.32 Å². The van der Waals surface area contributed by atoms with Gasteiger partial charge in [-0.3, -0.25) is 4.79 Å². The van der Waals surface area contributed by atoms with E-state index in [1.807, 2.05) is 0 Å². The number of carbonyl (C=O) groups is 1. The van der Waals surface area contributed by atoms with Gasteiger partial charge in [-0.1, -0.05) is 17.7 Å². The van der Waals surface area contributed by atoms with Crippen LogP contribution in [-0.4, -0.2) is 30.1 Å². The summed E-state index contributed by atoms with van der Waals surface area (Å²) in [6, 6.07) is 4.66. The molecular weight excluding hydrogens is 252 g/mol. The number of hydrogen-bond acceptors (Lipinski definition) is 2. The van der Waals surface area contributed by atoms with Crippen LogP contribution in [0.25, 0.3) is 0 Å². The SMILES string of the molecule is Cc1c(Cl)cccc1C(=O)NCC(F)(F)CO. The van der Waals surface area contributed by atoms with Gasteiger partial charge in [0.15, 0.2) is 0 Å². The maximum Gasteiger partial charge on any atom is 0.287 e. The molecule has 0 atom stereocenters. The molecule has 0 aromatic heterocycles. The number of hydrogen-bond donors (Lipinski definition) is 2. The minimum atomic E-state index is -3.32. The van der Waals surface area contributed by atoms with Gasteiger partial charge in [0.25, 0.3) is 11.8 Å². The lowest BCUT2D eigenvalue weighted by Gasteiger charge is -2.14. The molecule has 0 bridgehead atoms. The van der Waals surface area contributed by atoms with Gasteiger partial charge in [-0.05, 0) is 24.6 Å². The second kappa shape index (κ2) is 5.42. The third kappa shape index (κ3) is 3.64. The Labute approximate surface area is 102 Å². The second-order valence-electron chi connectivity index (χ2n) is 3.61. The Morgan fingerprint density at radius 3 is 2.76 bits per heavy atom. The van der Waals surface area contributed by atoms with Crippen LogP contribution in [0.2, 0.25) is 5.02 Å². The molecule has 0 unspecified atom stereocenters. The van der Waals surface area contributed by atoms with Crippen molar-refractivity contribution in [2.75, 3.05) is 13.2 Å². The van der Waals surface area contributed by atoms with Crippen LogP contribution in [-0.2, 0) is 0 Å². The number of aliphatic hydroxyl groups excluding tert-OH is 1. The first-order valence-corrected chi connectivity index (χ1v) is 5.27. The second-order valence-corrected chi connectivity index (χ2v) is 4.02. The number of rotatable bonds is 4. The Balaban J connectivity index is 2.74. The molecular formula is C11H12ClF2NO2. The predicted octanol–water partition coefficient (Wildman–Crippen LogP) is 2.01. The van der Waals surface area contributed by atoms with Crippen LogP contribution in [0.4, 0.5) is 8.78 Å². The van der Waals surface area contributed by atoms with Gasteiger partial charge in [0, 0.05) is 10.6 Å². The molecule has 6 heteroatoms. The highest BCUT2D eigenvalue weighted by molar-refractivity contribution is 6.31. The summed E-state index contributed by atoms with van der Waals surface area (Å²) in [4.78, 5) is 11.6. The van der Waals surface area contributed by atoms with Gasteiger partial charge >= 0.3 is 0 Å². The minimum Gasteiger partial charge on any atom is -0.390 e. The molecule has 0 heterocycles. The molecule has 1 aromatic rings. The molecule has 94 valence electrons. The number of benzene rings is 1. The Bertz CT molecular complexity index is 424. The lowest BCUT2D eigenvalue weighted by atomic mass is 10.1. The van der Waals surface area contributed by atoms with E-state index in [0.29, 0.717) is 10.6 Å². The molecule has 0 fully saturated rings. The average molecular weight is 264 g/mol. The topological polar surface area (TPSA) is 49.3 Å². The van der Waals surface area contributed by atoms with Crippen molar-refractivity contribution >= 4 is 17.5 Å². The summed E-state index contributed by atoms with van der Waals surface area (Å²) in [5.74, 6) is -3.96. The lowest BCUT2D eigenvalue weighted by molar-refractivity contribution is -0.0462. The van der Waals surface area contributed by atoms with Crippen molar-refractivity contribution in [3.05, 3.63) is 34.3 Å². The van der Waals surface area contributed by atoms with Crippen molar-refractivity contribution in [3.8, 4) is 0 Å². The normalized spacial score (nSPS) is 11.4. The molecule has 0 aliphatic carbocycles. The zero-order valence-electron chi connectivity index (χ0n) is 9.14. The molecule has 1 rings (SSSR count). The van der Waals surface area contributed by atoms with Crippen LogP contribution in [0.5, 0.6) is 0 Å². The first-order valence-electron chi connectivity index (χ1n) is 4.89. The van der Waals surface area contributed by atoms with Gasteiger partial charge in [0.2, 0.25) is 0 Å². The number of nitrogens with one attached hydrogen (secondary N) is 1. The maximum absolute atomic E-state index is 12.7. The molecule has 0 spiro atoms. The molecule has 3 nitrogen and oxygen atoms in total. The highest BCUT2D eigenvalue weighted by Gasteiger charge is 2.28. The quantitative estimate of drug-likeness (QED) is 0.873. The van der Waals surface area contributed by atoms with E-state index in [4.69, 9.17) is 16.7 Å². The van der Waals surface area contributed by atoms with E-state index in [1.165, 1.54) is 6.07 Å². The van der Waals surface area contributed by atoms with Crippen molar-refractivity contribution in [1.82, 2.24) is 5.32 Å². The van der Waals surface area contributed by atoms with Gasteiger partial charge in [-0.25, -0.2) is 8.78 Å². The molecule has 0 saturated carbocycles. The van der Waals surface area contributed by atoms with Gasteiger partial charge in [-0.15, -0.1) is 0 Å². The predicted molar refractivity (Wildman–Crippen MR) is 60.6 cm³/mol. The highest BCUT2D eigenvalue weighted by atomic mass is 35.5. The third-order valence-corrected chi connectivity index (χ3v) is 2.66. The number of carbonyl (C=O) groups excluding carboxylic acids is 1. The smallest absolute Gasteiger partial charge is 0.287 e. The first kappa shape index (κ1) is 13.9. The summed E-state index contributed by atoms with van der Waals surface area (Å²) in [6.45, 7) is -0.586. The Morgan fingerprint density at radius 1 is 1.53 bits per heavy atom. The number of amides is 1. The Hall–Kier alpha value is -1.20. The molecule has 1 amide bonds. The number of alkyl halides is 2. The first-order chi connectivity index (χ1) is 7.87. The van der Waals surface area contributed by atoms with Crippen molar-refractivity contribution < 1.29 is 18.7 Å². The molecule has 0 aliphatic heterocycles. The van der Waals surface area contributed by atoms with Gasteiger partial charge < -0.3 is 10.4 Å². The molecule has 0 saturated heterocycles. The van der Waals surface area contributed by atoms with E-state index in [9.17, 15) is 13.6 Å². The fourth-order valence-electron chi connectivity index (χ4n) is 1.21. The van der Waals surface area contributed by atoms with Crippen LogP contribution >= 0.6 is 11.6 Å². The third-order valence-electron chi connectivity index (χ3n) is 2.25. The van der Waals surface area contributed by atoms with Gasteiger partial charge in [0.05, 0.1) is 6.54 Å². The van der Waals surface area contributed by atoms with Crippen LogP contribution in [0, 0.1) is 6.92 Å². The van der Waals surface area contributed by atoms with Crippen molar-refractivity contribution in [1.29, 1.82) is 0 Å². The van der Waals surface area contributed by atoms with Crippen molar-refractivity contribution in [2.45, 2.75) is 12.8 Å². The summed E-state index contributed by atoms with van der Waals surface area (Å²) < 4.78 is 25.4. The van der Waals surface area contributed by atoms with E-state index in [2.05, 4.69) is 5.32 Å². The summed E-state index contributed by atoms with van der Waals surface area (Å²) in [5.41, 5.74) is 0.769. The summed E-state index contributed by atoms with van der Waals surface area (Å²) in [7, 11) is 0. The largest absolute Gasteiger partial charge is 0.390 e. The maximum atomic E-state index is 12.7.